The number of fused-ring (bicyclic) bond motifs is 1. The lowest BCUT2D eigenvalue weighted by Crippen LogP contribution is -2.75. The molecule has 3 saturated heterocycles. The number of benzene rings is 1. The van der Waals surface area contributed by atoms with Gasteiger partial charge in [0.25, 0.3) is 0 Å². The van der Waals surface area contributed by atoms with Gasteiger partial charge in [-0.1, -0.05) is 51.1 Å². The summed E-state index contributed by atoms with van der Waals surface area (Å²) in [6, 6.07) is 8.74. The molecule has 9 fully saturated rings. The first-order chi connectivity index (χ1) is 21.8. The molecule has 6 aliphatic carbocycles. The van der Waals surface area contributed by atoms with E-state index in [1.165, 1.54) is 13.8 Å². The van der Waals surface area contributed by atoms with Crippen LogP contribution in [-0.2, 0) is 33.3 Å². The van der Waals surface area contributed by atoms with Crippen molar-refractivity contribution in [1.82, 2.24) is 4.90 Å². The van der Waals surface area contributed by atoms with Crippen molar-refractivity contribution in [3.05, 3.63) is 48.0 Å². The average Bonchev–Trinajstić information content (AvgIpc) is 3.45. The Hall–Kier alpha value is -3.24. The second-order valence-corrected chi connectivity index (χ2v) is 15.5. The minimum Gasteiger partial charge on any atom is -0.461 e. The number of hydrogen-bond donors (Lipinski definition) is 1. The Morgan fingerprint density at radius 1 is 1.00 bits per heavy atom. The van der Waals surface area contributed by atoms with Crippen LogP contribution in [0.5, 0.6) is 0 Å². The topological polar surface area (TPSA) is 129 Å². The molecule has 246 valence electrons. The van der Waals surface area contributed by atoms with Gasteiger partial charge in [0.1, 0.15) is 30.5 Å². The van der Waals surface area contributed by atoms with E-state index in [9.17, 15) is 24.3 Å². The molecule has 3 heterocycles. The van der Waals surface area contributed by atoms with Crippen molar-refractivity contribution >= 4 is 23.9 Å². The standard InChI is InChI=1S/C36H43NO9/c1-7-16(2)32(41)46-30-24(40)31(44-19(5)39)36-27-21-14-35-13-17(3)22(26(28(35)36)43-18(4)38)25(45-33(42)20-11-9-8-10-12-20)23(35)29(36)37(21)15-34(27,30)6/h8-12,16,21-31,40H,3,7,13-15H2,1-2,4-6H3. The molecule has 1 N–H and O–H groups in total. The van der Waals surface area contributed by atoms with Crippen LogP contribution in [-0.4, -0.2) is 83.0 Å². The molecule has 10 heteroatoms. The highest BCUT2D eigenvalue weighted by Crippen LogP contribution is 2.87. The van der Waals surface area contributed by atoms with E-state index in [2.05, 4.69) is 18.4 Å². The van der Waals surface area contributed by atoms with Crippen molar-refractivity contribution in [1.29, 1.82) is 0 Å². The van der Waals surface area contributed by atoms with Crippen molar-refractivity contribution < 1.29 is 43.2 Å². The van der Waals surface area contributed by atoms with Crippen LogP contribution in [0.1, 0.15) is 64.2 Å². The van der Waals surface area contributed by atoms with Crippen molar-refractivity contribution in [2.24, 2.45) is 45.8 Å². The number of carbonyl (C=O) groups excluding carboxylic acids is 4. The first-order valence-electron chi connectivity index (χ1n) is 16.7. The van der Waals surface area contributed by atoms with Crippen LogP contribution in [0, 0.1) is 45.8 Å². The highest BCUT2D eigenvalue weighted by Gasteiger charge is 2.95. The maximum Gasteiger partial charge on any atom is 0.338 e. The van der Waals surface area contributed by atoms with Gasteiger partial charge >= 0.3 is 23.9 Å². The molecule has 2 spiro atoms. The van der Waals surface area contributed by atoms with Crippen molar-refractivity contribution in [3.63, 3.8) is 0 Å². The second kappa shape index (κ2) is 9.66. The fraction of sp³-hybridized carbons (Fsp3) is 0.667. The lowest BCUT2D eigenvalue weighted by atomic mass is 9.38. The molecule has 16 unspecified atom stereocenters. The number of piperidine rings is 2. The zero-order valence-electron chi connectivity index (χ0n) is 27.0. The van der Waals surface area contributed by atoms with E-state index in [1.54, 1.807) is 24.3 Å². The summed E-state index contributed by atoms with van der Waals surface area (Å²) >= 11 is 0. The predicted molar refractivity (Wildman–Crippen MR) is 162 cm³/mol. The Balaban J connectivity index is 1.30. The van der Waals surface area contributed by atoms with E-state index in [-0.39, 0.29) is 41.7 Å². The number of hydrogen-bond acceptors (Lipinski definition) is 10. The molecule has 0 amide bonds. The predicted octanol–water partition coefficient (Wildman–Crippen LogP) is 3.31. The number of rotatable bonds is 7. The Bertz CT molecular complexity index is 1540. The summed E-state index contributed by atoms with van der Waals surface area (Å²) in [5.74, 6) is -3.17. The molecule has 3 aliphatic heterocycles. The van der Waals surface area contributed by atoms with E-state index in [1.807, 2.05) is 19.9 Å². The smallest absolute Gasteiger partial charge is 0.338 e. The van der Waals surface area contributed by atoms with Gasteiger partial charge in [-0.25, -0.2) is 4.79 Å². The summed E-state index contributed by atoms with van der Waals surface area (Å²) in [4.78, 5) is 55.1. The van der Waals surface area contributed by atoms with E-state index < -0.39 is 70.6 Å². The molecule has 1 aromatic rings. The fourth-order valence-corrected chi connectivity index (χ4v) is 12.6. The third-order valence-electron chi connectivity index (χ3n) is 13.5. The molecule has 1 aromatic carbocycles. The maximum atomic E-state index is 13.7. The molecular formula is C36H43NO9. The van der Waals surface area contributed by atoms with Crippen LogP contribution in [0.25, 0.3) is 0 Å². The molecule has 16 atom stereocenters. The van der Waals surface area contributed by atoms with Crippen LogP contribution in [0.4, 0.5) is 0 Å². The summed E-state index contributed by atoms with van der Waals surface area (Å²) < 4.78 is 25.2. The van der Waals surface area contributed by atoms with Gasteiger partial charge in [0.15, 0.2) is 0 Å². The van der Waals surface area contributed by atoms with Gasteiger partial charge in [0.05, 0.1) is 17.4 Å². The zero-order valence-corrected chi connectivity index (χ0v) is 27.0. The number of nitrogens with zero attached hydrogens (tertiary/aromatic N) is 1. The molecule has 0 aromatic heterocycles. The first kappa shape index (κ1) is 30.1. The molecule has 46 heavy (non-hydrogen) atoms. The minimum absolute atomic E-state index is 0.0729. The van der Waals surface area contributed by atoms with Crippen molar-refractivity contribution in [2.45, 2.75) is 96.5 Å². The molecule has 9 bridgehead atoms. The molecular weight excluding hydrogens is 590 g/mol. The SMILES string of the molecule is C=C1CC23CC4C5C6(C)CN4C4C2C(OC(=O)c2ccccc2)C1C(OC(C)=O)C3C45C(OC(C)=O)C(O)C6OC(=O)C(C)CC. The summed E-state index contributed by atoms with van der Waals surface area (Å²) in [5.41, 5.74) is -0.581. The molecule has 10 nitrogen and oxygen atoms in total. The average molecular weight is 634 g/mol. The third kappa shape index (κ3) is 3.40. The quantitative estimate of drug-likeness (QED) is 0.271. The van der Waals surface area contributed by atoms with Crippen LogP contribution in [0.15, 0.2) is 42.5 Å². The number of aliphatic hydroxyl groups excluding tert-OH is 1. The van der Waals surface area contributed by atoms with Crippen molar-refractivity contribution in [2.75, 3.05) is 6.54 Å². The van der Waals surface area contributed by atoms with E-state index in [0.717, 1.165) is 12.0 Å². The Kier molecular flexibility index (Phi) is 6.32. The second-order valence-electron chi connectivity index (χ2n) is 15.5. The van der Waals surface area contributed by atoms with Gasteiger partial charge in [-0.3, -0.25) is 19.3 Å². The summed E-state index contributed by atoms with van der Waals surface area (Å²) in [5, 5.41) is 12.3. The maximum absolute atomic E-state index is 13.7. The van der Waals surface area contributed by atoms with Gasteiger partial charge in [0.2, 0.25) is 0 Å². The van der Waals surface area contributed by atoms with E-state index in [4.69, 9.17) is 18.9 Å². The van der Waals surface area contributed by atoms with E-state index >= 15 is 0 Å². The monoisotopic (exact) mass is 633 g/mol. The van der Waals surface area contributed by atoms with Crippen LogP contribution < -0.4 is 0 Å². The molecule has 9 aliphatic rings. The van der Waals surface area contributed by atoms with Gasteiger partial charge in [-0.05, 0) is 42.7 Å². The Morgan fingerprint density at radius 2 is 1.70 bits per heavy atom. The largest absolute Gasteiger partial charge is 0.461 e. The van der Waals surface area contributed by atoms with Gasteiger partial charge < -0.3 is 24.1 Å². The lowest BCUT2D eigenvalue weighted by molar-refractivity contribution is -0.282. The first-order valence-corrected chi connectivity index (χ1v) is 16.7. The lowest BCUT2D eigenvalue weighted by Gasteiger charge is -2.67. The van der Waals surface area contributed by atoms with Crippen LogP contribution >= 0.6 is 0 Å². The number of ether oxygens (including phenoxy) is 4. The fourth-order valence-electron chi connectivity index (χ4n) is 12.6. The van der Waals surface area contributed by atoms with Gasteiger partial charge in [-0.2, -0.15) is 0 Å². The van der Waals surface area contributed by atoms with Crippen molar-refractivity contribution in [3.8, 4) is 0 Å². The molecule has 6 saturated carbocycles. The van der Waals surface area contributed by atoms with Gasteiger partial charge in [-0.15, -0.1) is 0 Å². The number of aliphatic hydroxyl groups is 1. The van der Waals surface area contributed by atoms with Gasteiger partial charge in [0, 0.05) is 55.1 Å². The van der Waals surface area contributed by atoms with Crippen LogP contribution in [0.3, 0.4) is 0 Å². The minimum atomic E-state index is -1.29. The summed E-state index contributed by atoms with van der Waals surface area (Å²) in [6.45, 7) is 13.6. The highest BCUT2D eigenvalue weighted by molar-refractivity contribution is 5.89. The molecule has 10 rings (SSSR count). The van der Waals surface area contributed by atoms with Crippen LogP contribution in [0.2, 0.25) is 0 Å². The molecule has 0 radical (unpaired) electrons. The number of carbonyl (C=O) groups is 4. The Morgan fingerprint density at radius 3 is 2.35 bits per heavy atom. The highest BCUT2D eigenvalue weighted by atomic mass is 16.6. The summed E-state index contributed by atoms with van der Waals surface area (Å²) in [6.07, 6.45) is -2.46. The zero-order chi connectivity index (χ0) is 32.7. The Labute approximate surface area is 268 Å². The van der Waals surface area contributed by atoms with E-state index in [0.29, 0.717) is 24.9 Å². The third-order valence-corrected chi connectivity index (χ3v) is 13.5. The number of esters is 4. The normalized spacial score (nSPS) is 48.6. The summed E-state index contributed by atoms with van der Waals surface area (Å²) in [7, 11) is 0.